The smallest absolute Gasteiger partial charge is 0.311 e. The molecule has 0 aliphatic carbocycles. The Balaban J connectivity index is 1.93. The number of ether oxygens (including phenoxy) is 1. The summed E-state index contributed by atoms with van der Waals surface area (Å²) < 4.78 is 7.09. The summed E-state index contributed by atoms with van der Waals surface area (Å²) in [6, 6.07) is 11.2. The molecule has 3 rings (SSSR count). The second-order valence-corrected chi connectivity index (χ2v) is 5.76. The second-order valence-electron chi connectivity index (χ2n) is 5.37. The van der Waals surface area contributed by atoms with Crippen molar-refractivity contribution in [3.05, 3.63) is 62.9 Å². The first-order chi connectivity index (χ1) is 13.0. The summed E-state index contributed by atoms with van der Waals surface area (Å²) in [5.74, 6) is 0.807. The minimum absolute atomic E-state index is 0.267. The lowest BCUT2D eigenvalue weighted by atomic mass is 10.2. The third kappa shape index (κ3) is 4.01. The van der Waals surface area contributed by atoms with Gasteiger partial charge in [-0.1, -0.05) is 0 Å². The molecule has 0 unspecified atom stereocenters. The Kier molecular flexibility index (Phi) is 5.27. The Morgan fingerprint density at radius 3 is 2.78 bits per heavy atom. The van der Waals surface area contributed by atoms with E-state index in [2.05, 4.69) is 15.3 Å². The number of aromatic nitrogens is 3. The first-order valence-corrected chi connectivity index (χ1v) is 8.33. The largest absolute Gasteiger partial charge is 0.502 e. The summed E-state index contributed by atoms with van der Waals surface area (Å²) in [6.07, 6.45) is 1.40. The summed E-state index contributed by atoms with van der Waals surface area (Å²) in [5.41, 5.74) is 0.793. The highest BCUT2D eigenvalue weighted by Gasteiger charge is 2.13. The van der Waals surface area contributed by atoms with E-state index in [4.69, 9.17) is 17.0 Å². The van der Waals surface area contributed by atoms with E-state index in [9.17, 15) is 15.2 Å². The number of hydrogen-bond donors (Lipinski definition) is 2. The van der Waals surface area contributed by atoms with E-state index in [0.717, 1.165) is 11.3 Å². The summed E-state index contributed by atoms with van der Waals surface area (Å²) in [4.78, 5) is 10.3. The summed E-state index contributed by atoms with van der Waals surface area (Å²) in [7, 11) is 0. The Hall–Kier alpha value is -3.53. The average molecular weight is 385 g/mol. The van der Waals surface area contributed by atoms with E-state index in [-0.39, 0.29) is 4.77 Å². The number of nitrogens with one attached hydrogen (secondary N) is 1. The predicted octanol–water partition coefficient (Wildman–Crippen LogP) is 3.50. The molecule has 0 amide bonds. The van der Waals surface area contributed by atoms with Gasteiger partial charge in [0.05, 0.1) is 17.7 Å². The van der Waals surface area contributed by atoms with Crippen molar-refractivity contribution in [3.8, 4) is 22.9 Å². The molecule has 10 heteroatoms. The fraction of sp³-hybridized carbons (Fsp3) is 0.118. The summed E-state index contributed by atoms with van der Waals surface area (Å²) in [6.45, 7) is 2.47. The lowest BCUT2D eigenvalue weighted by Crippen LogP contribution is -1.96. The molecule has 0 aliphatic heterocycles. The molecule has 0 aliphatic rings. The van der Waals surface area contributed by atoms with Crippen LogP contribution >= 0.6 is 12.2 Å². The Labute approximate surface area is 158 Å². The number of rotatable bonds is 6. The van der Waals surface area contributed by atoms with Crippen molar-refractivity contribution < 1.29 is 14.8 Å². The van der Waals surface area contributed by atoms with Gasteiger partial charge in [0, 0.05) is 17.2 Å². The van der Waals surface area contributed by atoms with Gasteiger partial charge in [-0.05, 0) is 55.5 Å². The van der Waals surface area contributed by atoms with Crippen LogP contribution in [0.25, 0.3) is 11.4 Å². The Morgan fingerprint density at radius 2 is 2.11 bits per heavy atom. The van der Waals surface area contributed by atoms with Gasteiger partial charge in [0.25, 0.3) is 0 Å². The van der Waals surface area contributed by atoms with Crippen LogP contribution in [0.2, 0.25) is 0 Å². The van der Waals surface area contributed by atoms with Crippen LogP contribution in [-0.4, -0.2) is 37.7 Å². The average Bonchev–Trinajstić information content (AvgIpc) is 3.02. The van der Waals surface area contributed by atoms with Gasteiger partial charge < -0.3 is 9.84 Å². The number of phenolic OH excluding ortho intramolecular Hbond substituents is 1. The standard InChI is InChI=1S/C17H15N5O4S/c1-2-26-13-6-4-12(5-7-13)16-19-20-17(27)21(16)18-10-11-3-8-15(23)14(9-11)22(24)25/h3-10,23H,2H2,1H3,(H,20,27)/b18-10+. The van der Waals surface area contributed by atoms with Crippen LogP contribution in [0.5, 0.6) is 11.5 Å². The van der Waals surface area contributed by atoms with Crippen molar-refractivity contribution in [2.24, 2.45) is 5.10 Å². The number of hydrogen-bond acceptors (Lipinski definition) is 7. The molecule has 1 aromatic heterocycles. The third-order valence-electron chi connectivity index (χ3n) is 3.59. The van der Waals surface area contributed by atoms with E-state index in [1.54, 1.807) is 0 Å². The quantitative estimate of drug-likeness (QED) is 0.290. The van der Waals surface area contributed by atoms with Gasteiger partial charge in [0.1, 0.15) is 5.75 Å². The summed E-state index contributed by atoms with van der Waals surface area (Å²) >= 11 is 5.20. The Morgan fingerprint density at radius 1 is 1.37 bits per heavy atom. The SMILES string of the molecule is CCOc1ccc(-c2n[nH]c(=S)n2/N=C/c2ccc(O)c([N+](=O)[O-])c2)cc1. The molecule has 0 radical (unpaired) electrons. The molecule has 2 N–H and O–H groups in total. The van der Waals surface area contributed by atoms with Crippen LogP contribution in [0, 0.1) is 14.9 Å². The number of H-pyrrole nitrogens is 1. The van der Waals surface area contributed by atoms with Crippen LogP contribution in [0.15, 0.2) is 47.6 Å². The summed E-state index contributed by atoms with van der Waals surface area (Å²) in [5, 5.41) is 31.6. The normalized spacial score (nSPS) is 11.0. The number of aromatic hydroxyl groups is 1. The molecule has 0 atom stereocenters. The molecule has 1 heterocycles. The van der Waals surface area contributed by atoms with Crippen molar-refractivity contribution in [2.75, 3.05) is 6.61 Å². The monoisotopic (exact) mass is 385 g/mol. The van der Waals surface area contributed by atoms with E-state index in [1.165, 1.54) is 29.1 Å². The van der Waals surface area contributed by atoms with Gasteiger partial charge in [-0.15, -0.1) is 0 Å². The maximum absolute atomic E-state index is 10.9. The second kappa shape index (κ2) is 7.79. The van der Waals surface area contributed by atoms with E-state index >= 15 is 0 Å². The minimum atomic E-state index is -0.665. The van der Waals surface area contributed by atoms with Gasteiger partial charge in [0.15, 0.2) is 11.6 Å². The lowest BCUT2D eigenvalue weighted by Gasteiger charge is -2.04. The highest BCUT2D eigenvalue weighted by molar-refractivity contribution is 7.71. The van der Waals surface area contributed by atoms with Gasteiger partial charge in [0.2, 0.25) is 4.77 Å². The highest BCUT2D eigenvalue weighted by Crippen LogP contribution is 2.26. The number of phenols is 1. The fourth-order valence-electron chi connectivity index (χ4n) is 2.34. The van der Waals surface area contributed by atoms with Gasteiger partial charge in [-0.3, -0.25) is 10.1 Å². The van der Waals surface area contributed by atoms with Crippen LogP contribution < -0.4 is 4.74 Å². The van der Waals surface area contributed by atoms with Gasteiger partial charge in [-0.25, -0.2) is 5.10 Å². The number of aromatic amines is 1. The predicted molar refractivity (Wildman–Crippen MR) is 102 cm³/mol. The molecular weight excluding hydrogens is 370 g/mol. The molecule has 0 bridgehead atoms. The lowest BCUT2D eigenvalue weighted by molar-refractivity contribution is -0.385. The van der Waals surface area contributed by atoms with Crippen LogP contribution in [0.1, 0.15) is 12.5 Å². The maximum atomic E-state index is 10.9. The van der Waals surface area contributed by atoms with Crippen LogP contribution in [-0.2, 0) is 0 Å². The number of nitro benzene ring substituents is 1. The first kappa shape index (κ1) is 18.3. The van der Waals surface area contributed by atoms with Crippen LogP contribution in [0.4, 0.5) is 5.69 Å². The minimum Gasteiger partial charge on any atom is -0.502 e. The number of nitro groups is 1. The van der Waals surface area contributed by atoms with E-state index < -0.39 is 16.4 Å². The molecule has 3 aromatic rings. The highest BCUT2D eigenvalue weighted by atomic mass is 32.1. The van der Waals surface area contributed by atoms with Gasteiger partial charge >= 0.3 is 5.69 Å². The number of nitrogens with zero attached hydrogens (tertiary/aromatic N) is 4. The zero-order valence-corrected chi connectivity index (χ0v) is 15.0. The molecule has 2 aromatic carbocycles. The molecule has 0 saturated carbocycles. The van der Waals surface area contributed by atoms with Crippen molar-refractivity contribution >= 4 is 24.1 Å². The third-order valence-corrected chi connectivity index (χ3v) is 3.86. The molecule has 138 valence electrons. The molecule has 0 fully saturated rings. The first-order valence-electron chi connectivity index (χ1n) is 7.92. The van der Waals surface area contributed by atoms with E-state index in [1.807, 2.05) is 31.2 Å². The van der Waals surface area contributed by atoms with Crippen molar-refractivity contribution in [1.29, 1.82) is 0 Å². The molecule has 0 saturated heterocycles. The topological polar surface area (TPSA) is 119 Å². The molecule has 0 spiro atoms. The van der Waals surface area contributed by atoms with Crippen molar-refractivity contribution in [2.45, 2.75) is 6.92 Å². The fourth-order valence-corrected chi connectivity index (χ4v) is 2.52. The maximum Gasteiger partial charge on any atom is 0.311 e. The zero-order valence-electron chi connectivity index (χ0n) is 14.2. The molecule has 9 nitrogen and oxygen atoms in total. The molecular formula is C17H15N5O4S. The number of benzene rings is 2. The van der Waals surface area contributed by atoms with Crippen molar-refractivity contribution in [3.63, 3.8) is 0 Å². The Bertz CT molecular complexity index is 1060. The zero-order chi connectivity index (χ0) is 19.4. The van der Waals surface area contributed by atoms with Gasteiger partial charge in [-0.2, -0.15) is 14.9 Å². The molecule has 27 heavy (non-hydrogen) atoms. The van der Waals surface area contributed by atoms with Crippen LogP contribution in [0.3, 0.4) is 0 Å². The van der Waals surface area contributed by atoms with E-state index in [0.29, 0.717) is 18.0 Å². The van der Waals surface area contributed by atoms with Crippen molar-refractivity contribution in [1.82, 2.24) is 14.9 Å².